The Morgan fingerprint density at radius 3 is 3.15 bits per heavy atom. The van der Waals surface area contributed by atoms with Crippen LogP contribution in [-0.2, 0) is 4.74 Å². The molecule has 1 aliphatic rings. The summed E-state index contributed by atoms with van der Waals surface area (Å²) in [6.45, 7) is 1.01. The summed E-state index contributed by atoms with van der Waals surface area (Å²) < 4.78 is 5.15. The molecule has 1 amide bonds. The van der Waals surface area contributed by atoms with E-state index in [2.05, 4.69) is 10.3 Å². The molecule has 2 N–H and O–H groups in total. The van der Waals surface area contributed by atoms with E-state index in [0.717, 1.165) is 10.9 Å². The molecule has 104 valence electrons. The molecule has 0 saturated carbocycles. The first-order chi connectivity index (χ1) is 9.66. The number of nitrogens with one attached hydrogen (secondary N) is 1. The molecular weight excluding hydrogens is 256 g/mol. The molecule has 1 unspecified atom stereocenters. The summed E-state index contributed by atoms with van der Waals surface area (Å²) in [6.07, 6.45) is 2.27. The van der Waals surface area contributed by atoms with Crippen LogP contribution in [0, 0.1) is 0 Å². The number of pyridine rings is 1. The van der Waals surface area contributed by atoms with E-state index in [1.807, 2.05) is 18.2 Å². The SMILES string of the molecule is O=C(NCC1(O)CCOC1)c1ccc2ncccc2c1. The fourth-order valence-corrected chi connectivity index (χ4v) is 2.30. The molecule has 1 atom stereocenters. The topological polar surface area (TPSA) is 71.5 Å². The third-order valence-corrected chi connectivity index (χ3v) is 3.53. The smallest absolute Gasteiger partial charge is 0.251 e. The number of fused-ring (bicyclic) bond motifs is 1. The van der Waals surface area contributed by atoms with Gasteiger partial charge in [0, 0.05) is 36.7 Å². The van der Waals surface area contributed by atoms with E-state index in [1.54, 1.807) is 18.3 Å². The van der Waals surface area contributed by atoms with E-state index in [9.17, 15) is 9.90 Å². The van der Waals surface area contributed by atoms with Crippen molar-refractivity contribution in [1.82, 2.24) is 10.3 Å². The molecule has 1 fully saturated rings. The molecule has 3 rings (SSSR count). The van der Waals surface area contributed by atoms with E-state index in [1.165, 1.54) is 0 Å². The average Bonchev–Trinajstić information content (AvgIpc) is 2.91. The fourth-order valence-electron chi connectivity index (χ4n) is 2.30. The number of amides is 1. The third-order valence-electron chi connectivity index (χ3n) is 3.53. The minimum atomic E-state index is -0.936. The van der Waals surface area contributed by atoms with E-state index in [4.69, 9.17) is 4.74 Å². The Morgan fingerprint density at radius 2 is 2.35 bits per heavy atom. The standard InChI is InChI=1S/C15H16N2O3/c18-14(17-9-15(19)5-7-20-10-15)12-3-4-13-11(8-12)2-1-6-16-13/h1-4,6,8,19H,5,7,9-10H2,(H,17,18). The number of nitrogens with zero attached hydrogens (tertiary/aromatic N) is 1. The van der Waals surface area contributed by atoms with Crippen molar-refractivity contribution in [1.29, 1.82) is 0 Å². The van der Waals surface area contributed by atoms with Gasteiger partial charge in [0.2, 0.25) is 0 Å². The Labute approximate surface area is 116 Å². The van der Waals surface area contributed by atoms with Gasteiger partial charge < -0.3 is 15.2 Å². The fraction of sp³-hybridized carbons (Fsp3) is 0.333. The van der Waals surface area contributed by atoms with Gasteiger partial charge in [-0.05, 0) is 24.3 Å². The molecule has 5 nitrogen and oxygen atoms in total. The van der Waals surface area contributed by atoms with Crippen LogP contribution in [0.2, 0.25) is 0 Å². The monoisotopic (exact) mass is 272 g/mol. The van der Waals surface area contributed by atoms with Crippen molar-refractivity contribution in [2.24, 2.45) is 0 Å². The van der Waals surface area contributed by atoms with Gasteiger partial charge in [-0.1, -0.05) is 6.07 Å². The number of carbonyl (C=O) groups is 1. The van der Waals surface area contributed by atoms with Gasteiger partial charge in [-0.3, -0.25) is 9.78 Å². The normalized spacial score (nSPS) is 22.1. The summed E-state index contributed by atoms with van der Waals surface area (Å²) in [4.78, 5) is 16.3. The predicted molar refractivity (Wildman–Crippen MR) is 74.5 cm³/mol. The van der Waals surface area contributed by atoms with Gasteiger partial charge in [-0.2, -0.15) is 0 Å². The molecule has 1 aliphatic heterocycles. The van der Waals surface area contributed by atoms with Gasteiger partial charge in [0.05, 0.1) is 12.1 Å². The van der Waals surface area contributed by atoms with Gasteiger partial charge >= 0.3 is 0 Å². The largest absolute Gasteiger partial charge is 0.386 e. The lowest BCUT2D eigenvalue weighted by molar-refractivity contribution is 0.0264. The lowest BCUT2D eigenvalue weighted by Crippen LogP contribution is -2.43. The van der Waals surface area contributed by atoms with Gasteiger partial charge in [-0.15, -0.1) is 0 Å². The van der Waals surface area contributed by atoms with Crippen molar-refractivity contribution >= 4 is 16.8 Å². The highest BCUT2D eigenvalue weighted by Gasteiger charge is 2.32. The Hall–Kier alpha value is -1.98. The van der Waals surface area contributed by atoms with Crippen molar-refractivity contribution in [3.05, 3.63) is 42.1 Å². The predicted octanol–water partition coefficient (Wildman–Crippen LogP) is 1.12. The van der Waals surface area contributed by atoms with Crippen LogP contribution in [0.3, 0.4) is 0 Å². The number of aromatic nitrogens is 1. The average molecular weight is 272 g/mol. The molecule has 1 saturated heterocycles. The molecule has 20 heavy (non-hydrogen) atoms. The van der Waals surface area contributed by atoms with Crippen molar-refractivity contribution in [2.75, 3.05) is 19.8 Å². The van der Waals surface area contributed by atoms with Gasteiger partial charge in [-0.25, -0.2) is 0 Å². The Morgan fingerprint density at radius 1 is 1.45 bits per heavy atom. The molecule has 0 spiro atoms. The van der Waals surface area contributed by atoms with E-state index >= 15 is 0 Å². The minimum absolute atomic E-state index is 0.198. The summed E-state index contributed by atoms with van der Waals surface area (Å²) >= 11 is 0. The van der Waals surface area contributed by atoms with Crippen molar-refractivity contribution < 1.29 is 14.6 Å². The third kappa shape index (κ3) is 2.64. The Kier molecular flexibility index (Phi) is 3.38. The van der Waals surface area contributed by atoms with E-state index in [0.29, 0.717) is 18.6 Å². The van der Waals surface area contributed by atoms with E-state index < -0.39 is 5.60 Å². The zero-order valence-corrected chi connectivity index (χ0v) is 11.0. The number of hydrogen-bond donors (Lipinski definition) is 2. The summed E-state index contributed by atoms with van der Waals surface area (Å²) in [7, 11) is 0. The first-order valence-electron chi connectivity index (χ1n) is 6.59. The summed E-state index contributed by atoms with van der Waals surface area (Å²) in [6, 6.07) is 9.10. The molecular formula is C15H16N2O3. The molecule has 2 heterocycles. The Balaban J connectivity index is 1.72. The molecule has 1 aromatic carbocycles. The number of aliphatic hydroxyl groups is 1. The lowest BCUT2D eigenvalue weighted by atomic mass is 10.0. The van der Waals surface area contributed by atoms with E-state index in [-0.39, 0.29) is 19.1 Å². The first kappa shape index (κ1) is 13.0. The summed E-state index contributed by atoms with van der Waals surface area (Å²) in [5, 5.41) is 13.8. The zero-order valence-electron chi connectivity index (χ0n) is 11.0. The molecule has 0 radical (unpaired) electrons. The number of benzene rings is 1. The molecule has 0 bridgehead atoms. The van der Waals surface area contributed by atoms with Gasteiger partial charge in [0.1, 0.15) is 5.60 Å². The number of carbonyl (C=O) groups excluding carboxylic acids is 1. The highest BCUT2D eigenvalue weighted by atomic mass is 16.5. The van der Waals surface area contributed by atoms with Crippen LogP contribution in [0.1, 0.15) is 16.8 Å². The second kappa shape index (κ2) is 5.19. The highest BCUT2D eigenvalue weighted by molar-refractivity contribution is 5.97. The van der Waals surface area contributed by atoms with Crippen LogP contribution in [0.25, 0.3) is 10.9 Å². The van der Waals surface area contributed by atoms with Crippen molar-refractivity contribution in [3.63, 3.8) is 0 Å². The van der Waals surface area contributed by atoms with Gasteiger partial charge in [0.15, 0.2) is 0 Å². The number of hydrogen-bond acceptors (Lipinski definition) is 4. The van der Waals surface area contributed by atoms with Gasteiger partial charge in [0.25, 0.3) is 5.91 Å². The minimum Gasteiger partial charge on any atom is -0.386 e. The quantitative estimate of drug-likeness (QED) is 0.878. The van der Waals surface area contributed by atoms with Crippen LogP contribution in [0.5, 0.6) is 0 Å². The summed E-state index contributed by atoms with van der Waals surface area (Å²) in [5.41, 5.74) is 0.480. The van der Waals surface area contributed by atoms with Crippen LogP contribution in [0.4, 0.5) is 0 Å². The molecule has 1 aromatic heterocycles. The second-order valence-corrected chi connectivity index (χ2v) is 5.12. The van der Waals surface area contributed by atoms with Crippen molar-refractivity contribution in [3.8, 4) is 0 Å². The van der Waals surface area contributed by atoms with Crippen LogP contribution < -0.4 is 5.32 Å². The lowest BCUT2D eigenvalue weighted by Gasteiger charge is -2.20. The maximum Gasteiger partial charge on any atom is 0.251 e. The van der Waals surface area contributed by atoms with Crippen LogP contribution >= 0.6 is 0 Å². The highest BCUT2D eigenvalue weighted by Crippen LogP contribution is 2.18. The first-order valence-corrected chi connectivity index (χ1v) is 6.59. The Bertz CT molecular complexity index is 636. The maximum absolute atomic E-state index is 12.1. The second-order valence-electron chi connectivity index (χ2n) is 5.12. The maximum atomic E-state index is 12.1. The van der Waals surface area contributed by atoms with Crippen LogP contribution in [-0.4, -0.2) is 41.4 Å². The molecule has 2 aromatic rings. The van der Waals surface area contributed by atoms with Crippen LogP contribution in [0.15, 0.2) is 36.5 Å². The number of ether oxygens (including phenoxy) is 1. The molecule has 0 aliphatic carbocycles. The van der Waals surface area contributed by atoms with Crippen molar-refractivity contribution in [2.45, 2.75) is 12.0 Å². The summed E-state index contributed by atoms with van der Waals surface area (Å²) in [5.74, 6) is -0.198. The number of rotatable bonds is 3. The zero-order chi connectivity index (χ0) is 14.0. The molecule has 5 heteroatoms.